The molecule has 1 N–H and O–H groups in total. The molecule has 0 saturated heterocycles. The van der Waals surface area contributed by atoms with E-state index in [9.17, 15) is 9.59 Å². The van der Waals surface area contributed by atoms with Crippen molar-refractivity contribution in [3.63, 3.8) is 0 Å². The highest BCUT2D eigenvalue weighted by molar-refractivity contribution is 6.31. The molecule has 8 nitrogen and oxygen atoms in total. The van der Waals surface area contributed by atoms with Crippen LogP contribution in [0, 0.1) is 0 Å². The van der Waals surface area contributed by atoms with Crippen LogP contribution in [0.15, 0.2) is 65.5 Å². The number of aromatic nitrogens is 2. The van der Waals surface area contributed by atoms with E-state index >= 15 is 0 Å². The number of methoxy groups -OCH3 is 1. The predicted molar refractivity (Wildman–Crippen MR) is 176 cm³/mol. The number of halogens is 1. The number of likely N-dealkylation sites (N-methyl/N-ethyl adjacent to an activating group) is 1. The Labute approximate surface area is 259 Å². The smallest absolute Gasteiger partial charge is 0.322 e. The maximum Gasteiger partial charge on any atom is 0.322 e. The van der Waals surface area contributed by atoms with Gasteiger partial charge in [-0.3, -0.25) is 9.36 Å². The van der Waals surface area contributed by atoms with E-state index in [-0.39, 0.29) is 23.4 Å². The summed E-state index contributed by atoms with van der Waals surface area (Å²) in [5, 5.41) is 4.19. The SMILES string of the molecule is COc1ccc(-n2c(C(C)N(CCN(C)C)C(=O)Nc3c(C(C)C)cccc3C(C)C)nc3cc(Cl)ccc3c2=O)cc1. The van der Waals surface area contributed by atoms with Crippen LogP contribution < -0.4 is 15.6 Å². The number of nitrogens with one attached hydrogen (secondary N) is 1. The van der Waals surface area contributed by atoms with Gasteiger partial charge in [0.05, 0.1) is 29.7 Å². The minimum absolute atomic E-state index is 0.216. The van der Waals surface area contributed by atoms with E-state index < -0.39 is 6.04 Å². The normalized spacial score (nSPS) is 12.3. The molecule has 4 aromatic rings. The zero-order chi connectivity index (χ0) is 31.4. The predicted octanol–water partition coefficient (Wildman–Crippen LogP) is 7.45. The van der Waals surface area contributed by atoms with Crippen LogP contribution in [0.1, 0.15) is 69.4 Å². The molecule has 1 atom stereocenters. The Kier molecular flexibility index (Phi) is 10.1. The van der Waals surface area contributed by atoms with Gasteiger partial charge < -0.3 is 19.9 Å². The van der Waals surface area contributed by atoms with E-state index in [0.717, 1.165) is 16.8 Å². The van der Waals surface area contributed by atoms with E-state index in [4.69, 9.17) is 21.3 Å². The van der Waals surface area contributed by atoms with Gasteiger partial charge in [-0.05, 0) is 86.4 Å². The molecular weight excluding hydrogens is 562 g/mol. The molecule has 1 unspecified atom stereocenters. The van der Waals surface area contributed by atoms with Crippen LogP contribution in [0.2, 0.25) is 5.02 Å². The largest absolute Gasteiger partial charge is 0.497 e. The zero-order valence-corrected chi connectivity index (χ0v) is 27.1. The molecule has 0 spiro atoms. The van der Waals surface area contributed by atoms with Crippen molar-refractivity contribution in [3.05, 3.63) is 93.0 Å². The second kappa shape index (κ2) is 13.6. The number of urea groups is 1. The molecule has 0 aliphatic carbocycles. The molecule has 1 aromatic heterocycles. The molecular formula is C34H42ClN5O3. The quantitative estimate of drug-likeness (QED) is 0.204. The number of para-hydroxylation sites is 1. The van der Waals surface area contributed by atoms with Crippen LogP contribution in [0.4, 0.5) is 10.5 Å². The van der Waals surface area contributed by atoms with Crippen molar-refractivity contribution in [3.8, 4) is 11.4 Å². The van der Waals surface area contributed by atoms with Crippen molar-refractivity contribution < 1.29 is 9.53 Å². The van der Waals surface area contributed by atoms with Crippen molar-refractivity contribution in [1.82, 2.24) is 19.4 Å². The van der Waals surface area contributed by atoms with Gasteiger partial charge in [0, 0.05) is 23.8 Å². The van der Waals surface area contributed by atoms with Crippen LogP contribution in [0.5, 0.6) is 5.75 Å². The number of hydrogen-bond acceptors (Lipinski definition) is 5. The van der Waals surface area contributed by atoms with Crippen molar-refractivity contribution in [1.29, 1.82) is 0 Å². The second-order valence-corrected chi connectivity index (χ2v) is 12.1. The lowest BCUT2D eigenvalue weighted by Gasteiger charge is -2.32. The summed E-state index contributed by atoms with van der Waals surface area (Å²) in [6.45, 7) is 11.4. The highest BCUT2D eigenvalue weighted by atomic mass is 35.5. The Morgan fingerprint density at radius 1 is 0.953 bits per heavy atom. The number of fused-ring (bicyclic) bond motifs is 1. The summed E-state index contributed by atoms with van der Waals surface area (Å²) in [5.41, 5.74) is 3.85. The first-order valence-electron chi connectivity index (χ1n) is 14.6. The number of carbonyl (C=O) groups excluding carboxylic acids is 1. The van der Waals surface area contributed by atoms with Crippen LogP contribution >= 0.6 is 11.6 Å². The van der Waals surface area contributed by atoms with E-state index in [2.05, 4.69) is 45.1 Å². The van der Waals surface area contributed by atoms with E-state index in [1.165, 1.54) is 0 Å². The summed E-state index contributed by atoms with van der Waals surface area (Å²) in [7, 11) is 5.53. The molecule has 0 saturated carbocycles. The first-order valence-corrected chi connectivity index (χ1v) is 15.0. The number of hydrogen-bond donors (Lipinski definition) is 1. The fourth-order valence-corrected chi connectivity index (χ4v) is 5.40. The van der Waals surface area contributed by atoms with Crippen LogP contribution in [-0.2, 0) is 0 Å². The van der Waals surface area contributed by atoms with E-state index in [0.29, 0.717) is 46.3 Å². The Morgan fingerprint density at radius 2 is 1.58 bits per heavy atom. The highest BCUT2D eigenvalue weighted by Crippen LogP contribution is 2.33. The van der Waals surface area contributed by atoms with Crippen molar-refractivity contribution in [2.45, 2.75) is 52.5 Å². The van der Waals surface area contributed by atoms with Gasteiger partial charge >= 0.3 is 6.03 Å². The fourth-order valence-electron chi connectivity index (χ4n) is 5.23. The van der Waals surface area contributed by atoms with Gasteiger partial charge in [0.1, 0.15) is 11.6 Å². The van der Waals surface area contributed by atoms with Gasteiger partial charge in [-0.25, -0.2) is 9.78 Å². The van der Waals surface area contributed by atoms with Crippen LogP contribution in [0.25, 0.3) is 16.6 Å². The summed E-state index contributed by atoms with van der Waals surface area (Å²) in [5.74, 6) is 1.53. The third kappa shape index (κ3) is 7.03. The molecule has 4 rings (SSSR count). The number of nitrogens with zero attached hydrogens (tertiary/aromatic N) is 4. The van der Waals surface area contributed by atoms with Gasteiger partial charge in [0.15, 0.2) is 0 Å². The molecule has 0 bridgehead atoms. The van der Waals surface area contributed by atoms with Crippen LogP contribution in [0.3, 0.4) is 0 Å². The molecule has 2 amide bonds. The van der Waals surface area contributed by atoms with Crippen molar-refractivity contribution >= 4 is 34.2 Å². The van der Waals surface area contributed by atoms with Gasteiger partial charge in [-0.15, -0.1) is 0 Å². The number of rotatable bonds is 10. The zero-order valence-electron chi connectivity index (χ0n) is 26.3. The topological polar surface area (TPSA) is 79.7 Å². The lowest BCUT2D eigenvalue weighted by Crippen LogP contribution is -2.43. The van der Waals surface area contributed by atoms with Gasteiger partial charge in [-0.1, -0.05) is 57.5 Å². The molecule has 0 aliphatic heterocycles. The molecule has 9 heteroatoms. The number of anilines is 1. The molecule has 228 valence electrons. The summed E-state index contributed by atoms with van der Waals surface area (Å²) in [6, 6.07) is 17.6. The lowest BCUT2D eigenvalue weighted by molar-refractivity contribution is 0.181. The Hall–Kier alpha value is -3.88. The van der Waals surface area contributed by atoms with Gasteiger partial charge in [-0.2, -0.15) is 0 Å². The fraction of sp³-hybridized carbons (Fsp3) is 0.382. The number of benzene rings is 3. The summed E-state index contributed by atoms with van der Waals surface area (Å²) < 4.78 is 6.93. The highest BCUT2D eigenvalue weighted by Gasteiger charge is 2.28. The maximum atomic E-state index is 14.3. The molecule has 0 fully saturated rings. The third-order valence-corrected chi connectivity index (χ3v) is 7.92. The minimum Gasteiger partial charge on any atom is -0.497 e. The Bertz CT molecular complexity index is 1620. The standard InChI is InChI=1S/C34H42ClN5O3/c1-21(2)27-10-9-11-28(22(3)4)31(27)37-34(42)39(19-18-38(6)7)23(5)32-36-30-20-24(35)12-17-29(30)33(41)40(32)25-13-15-26(43-8)16-14-25/h9-17,20-23H,18-19H2,1-8H3,(H,37,42). The average molecular weight is 604 g/mol. The average Bonchev–Trinajstić information content (AvgIpc) is 2.96. The Balaban J connectivity index is 1.88. The van der Waals surface area contributed by atoms with Crippen molar-refractivity contribution in [2.24, 2.45) is 0 Å². The molecule has 3 aromatic carbocycles. The van der Waals surface area contributed by atoms with Crippen LogP contribution in [-0.4, -0.2) is 59.7 Å². The summed E-state index contributed by atoms with van der Waals surface area (Å²) in [4.78, 5) is 37.0. The molecule has 0 radical (unpaired) electrons. The lowest BCUT2D eigenvalue weighted by atomic mass is 9.92. The first kappa shape index (κ1) is 32.0. The minimum atomic E-state index is -0.577. The first-order chi connectivity index (χ1) is 20.4. The second-order valence-electron chi connectivity index (χ2n) is 11.7. The van der Waals surface area contributed by atoms with E-state index in [1.807, 2.05) is 44.1 Å². The molecule has 1 heterocycles. The summed E-state index contributed by atoms with van der Waals surface area (Å²) in [6.07, 6.45) is 0. The third-order valence-electron chi connectivity index (χ3n) is 7.68. The number of amides is 2. The maximum absolute atomic E-state index is 14.3. The number of ether oxygens (including phenoxy) is 1. The Morgan fingerprint density at radius 3 is 2.14 bits per heavy atom. The number of carbonyl (C=O) groups is 1. The van der Waals surface area contributed by atoms with E-state index in [1.54, 1.807) is 46.9 Å². The van der Waals surface area contributed by atoms with Crippen molar-refractivity contribution in [2.75, 3.05) is 39.6 Å². The van der Waals surface area contributed by atoms with Gasteiger partial charge in [0.25, 0.3) is 5.56 Å². The summed E-state index contributed by atoms with van der Waals surface area (Å²) >= 11 is 6.32. The van der Waals surface area contributed by atoms with Gasteiger partial charge in [0.2, 0.25) is 0 Å². The molecule has 43 heavy (non-hydrogen) atoms. The molecule has 0 aliphatic rings. The monoisotopic (exact) mass is 603 g/mol.